The molecule has 0 bridgehead atoms. The molecule has 0 radical (unpaired) electrons. The van der Waals surface area contributed by atoms with Gasteiger partial charge in [-0.1, -0.05) is 6.07 Å². The van der Waals surface area contributed by atoms with Gasteiger partial charge in [0.15, 0.2) is 5.82 Å². The molecule has 0 amide bonds. The average molecular weight is 400 g/mol. The van der Waals surface area contributed by atoms with Gasteiger partial charge in [-0.25, -0.2) is 0 Å². The minimum atomic E-state index is -4.52. The van der Waals surface area contributed by atoms with Crippen LogP contribution in [0.4, 0.5) is 19.0 Å². The maximum Gasteiger partial charge on any atom is 0.416 e. The molecule has 0 saturated heterocycles. The summed E-state index contributed by atoms with van der Waals surface area (Å²) in [5.74, 6) is 0.284. The molecule has 0 spiro atoms. The predicted molar refractivity (Wildman–Crippen MR) is 103 cm³/mol. The Hall–Kier alpha value is -3.16. The number of hydrogen-bond acceptors (Lipinski definition) is 5. The van der Waals surface area contributed by atoms with Crippen molar-refractivity contribution < 1.29 is 18.3 Å². The number of aromatic nitrogens is 3. The molecule has 1 aliphatic rings. The number of benzene rings is 1. The van der Waals surface area contributed by atoms with Gasteiger partial charge in [-0.2, -0.15) is 13.2 Å². The topological polar surface area (TPSA) is 62.1 Å². The minimum absolute atomic E-state index is 0.270. The second kappa shape index (κ2) is 7.02. The van der Waals surface area contributed by atoms with E-state index in [2.05, 4.69) is 20.1 Å². The van der Waals surface area contributed by atoms with Crippen molar-refractivity contribution in [3.63, 3.8) is 0 Å². The van der Waals surface area contributed by atoms with Gasteiger partial charge < -0.3 is 10.0 Å². The third-order valence-corrected chi connectivity index (χ3v) is 5.00. The standard InChI is InChI=1S/C21H19F3N4O/c1-12-8-15(21(22,23)24)10-18(29)19(12)17-9-14-6-7-28(20(14)27-26-17)11-16-5-3-4-13(2)25-16/h3-5,8-10,29H,6-7,11H2,1-2H3. The molecule has 0 atom stereocenters. The summed E-state index contributed by atoms with van der Waals surface area (Å²) in [4.78, 5) is 6.59. The summed E-state index contributed by atoms with van der Waals surface area (Å²) in [5.41, 5.74) is 2.86. The number of aryl methyl sites for hydroxylation is 2. The van der Waals surface area contributed by atoms with E-state index in [1.165, 1.54) is 6.92 Å². The normalized spacial score (nSPS) is 13.6. The first-order chi connectivity index (χ1) is 13.7. The Bertz CT molecular complexity index is 1060. The van der Waals surface area contributed by atoms with Crippen LogP contribution in [-0.4, -0.2) is 26.8 Å². The quantitative estimate of drug-likeness (QED) is 0.704. The number of rotatable bonds is 3. The second-order valence-corrected chi connectivity index (χ2v) is 7.21. The van der Waals surface area contributed by atoms with Gasteiger partial charge in [0.1, 0.15) is 5.75 Å². The first kappa shape index (κ1) is 19.2. The van der Waals surface area contributed by atoms with Crippen molar-refractivity contribution in [2.75, 3.05) is 11.4 Å². The second-order valence-electron chi connectivity index (χ2n) is 7.21. The molecule has 5 nitrogen and oxygen atoms in total. The van der Waals surface area contributed by atoms with Crippen LogP contribution in [0, 0.1) is 13.8 Å². The molecular weight excluding hydrogens is 381 g/mol. The largest absolute Gasteiger partial charge is 0.507 e. The monoisotopic (exact) mass is 400 g/mol. The van der Waals surface area contributed by atoms with E-state index in [4.69, 9.17) is 0 Å². The lowest BCUT2D eigenvalue weighted by molar-refractivity contribution is -0.137. The maximum absolute atomic E-state index is 13.0. The molecule has 3 heterocycles. The van der Waals surface area contributed by atoms with Gasteiger partial charge in [-0.3, -0.25) is 4.98 Å². The molecule has 1 aromatic carbocycles. The zero-order valence-corrected chi connectivity index (χ0v) is 16.0. The van der Waals surface area contributed by atoms with E-state index in [-0.39, 0.29) is 5.56 Å². The highest BCUT2D eigenvalue weighted by Gasteiger charge is 2.32. The smallest absolute Gasteiger partial charge is 0.416 e. The molecule has 150 valence electrons. The van der Waals surface area contributed by atoms with Crippen LogP contribution < -0.4 is 4.90 Å². The fourth-order valence-corrected chi connectivity index (χ4v) is 3.66. The van der Waals surface area contributed by atoms with E-state index in [9.17, 15) is 18.3 Å². The number of anilines is 1. The van der Waals surface area contributed by atoms with Gasteiger partial charge in [-0.05, 0) is 56.2 Å². The van der Waals surface area contributed by atoms with E-state index in [0.717, 1.165) is 47.9 Å². The SMILES string of the molecule is Cc1cccc(CN2CCc3cc(-c4c(C)cc(C(F)(F)F)cc4O)nnc32)n1. The van der Waals surface area contributed by atoms with Crippen molar-refractivity contribution in [1.82, 2.24) is 15.2 Å². The number of hydrogen-bond donors (Lipinski definition) is 1. The summed E-state index contributed by atoms with van der Waals surface area (Å²) >= 11 is 0. The highest BCUT2D eigenvalue weighted by atomic mass is 19.4. The zero-order valence-electron chi connectivity index (χ0n) is 16.0. The van der Waals surface area contributed by atoms with Gasteiger partial charge in [0.2, 0.25) is 0 Å². The van der Waals surface area contributed by atoms with Crippen LogP contribution >= 0.6 is 0 Å². The molecule has 1 aliphatic heterocycles. The van der Waals surface area contributed by atoms with Gasteiger partial charge in [0.25, 0.3) is 0 Å². The van der Waals surface area contributed by atoms with Gasteiger partial charge in [0.05, 0.1) is 23.5 Å². The van der Waals surface area contributed by atoms with Gasteiger partial charge >= 0.3 is 6.18 Å². The van der Waals surface area contributed by atoms with E-state index in [0.29, 0.717) is 17.8 Å². The van der Waals surface area contributed by atoms with Crippen molar-refractivity contribution in [2.24, 2.45) is 0 Å². The summed E-state index contributed by atoms with van der Waals surface area (Å²) in [6, 6.07) is 9.39. The molecule has 3 aromatic rings. The van der Waals surface area contributed by atoms with E-state index in [1.54, 1.807) is 6.07 Å². The van der Waals surface area contributed by atoms with Crippen molar-refractivity contribution in [3.8, 4) is 17.0 Å². The molecule has 0 unspecified atom stereocenters. The lowest BCUT2D eigenvalue weighted by Crippen LogP contribution is -2.21. The number of halogens is 3. The van der Waals surface area contributed by atoms with Crippen molar-refractivity contribution in [2.45, 2.75) is 33.0 Å². The highest BCUT2D eigenvalue weighted by Crippen LogP contribution is 2.39. The Morgan fingerprint density at radius 1 is 1.10 bits per heavy atom. The molecule has 0 fully saturated rings. The molecule has 0 saturated carbocycles. The molecule has 2 aromatic heterocycles. The van der Waals surface area contributed by atoms with Crippen LogP contribution in [0.5, 0.6) is 5.75 Å². The Morgan fingerprint density at radius 2 is 1.90 bits per heavy atom. The lowest BCUT2D eigenvalue weighted by Gasteiger charge is -2.18. The van der Waals surface area contributed by atoms with Crippen molar-refractivity contribution in [3.05, 3.63) is 64.5 Å². The molecule has 1 N–H and O–H groups in total. The summed E-state index contributed by atoms with van der Waals surface area (Å²) in [5, 5.41) is 18.7. The minimum Gasteiger partial charge on any atom is -0.507 e. The number of nitrogens with zero attached hydrogens (tertiary/aromatic N) is 4. The van der Waals surface area contributed by atoms with Crippen LogP contribution in [-0.2, 0) is 19.1 Å². The van der Waals surface area contributed by atoms with Crippen molar-refractivity contribution >= 4 is 5.82 Å². The third-order valence-electron chi connectivity index (χ3n) is 5.00. The highest BCUT2D eigenvalue weighted by molar-refractivity contribution is 5.73. The summed E-state index contributed by atoms with van der Waals surface area (Å²) in [7, 11) is 0. The molecule has 29 heavy (non-hydrogen) atoms. The van der Waals surface area contributed by atoms with Crippen LogP contribution in [0.25, 0.3) is 11.3 Å². The van der Waals surface area contributed by atoms with Crippen LogP contribution in [0.1, 0.15) is 28.1 Å². The fraction of sp³-hybridized carbons (Fsp3) is 0.286. The Balaban J connectivity index is 1.65. The average Bonchev–Trinajstić information content (AvgIpc) is 3.02. The number of aromatic hydroxyl groups is 1. The zero-order chi connectivity index (χ0) is 20.8. The van der Waals surface area contributed by atoms with Crippen LogP contribution in [0.15, 0.2) is 36.4 Å². The molecule has 8 heteroatoms. The summed E-state index contributed by atoms with van der Waals surface area (Å²) < 4.78 is 38.9. The molecule has 4 rings (SSSR count). The Morgan fingerprint density at radius 3 is 2.59 bits per heavy atom. The van der Waals surface area contributed by atoms with Crippen LogP contribution in [0.3, 0.4) is 0 Å². The number of phenols is 1. The van der Waals surface area contributed by atoms with E-state index in [1.807, 2.05) is 25.1 Å². The van der Waals surface area contributed by atoms with E-state index < -0.39 is 17.5 Å². The van der Waals surface area contributed by atoms with Crippen LogP contribution in [0.2, 0.25) is 0 Å². The Kier molecular flexibility index (Phi) is 4.64. The first-order valence-corrected chi connectivity index (χ1v) is 9.17. The number of alkyl halides is 3. The van der Waals surface area contributed by atoms with Gasteiger partial charge in [0, 0.05) is 23.4 Å². The van der Waals surface area contributed by atoms with Crippen molar-refractivity contribution in [1.29, 1.82) is 0 Å². The van der Waals surface area contributed by atoms with Gasteiger partial charge in [-0.15, -0.1) is 10.2 Å². The number of phenolic OH excluding ortho intramolecular Hbond substituents is 1. The molecule has 0 aliphatic carbocycles. The third kappa shape index (κ3) is 3.74. The summed E-state index contributed by atoms with van der Waals surface area (Å²) in [6.07, 6.45) is -3.78. The first-order valence-electron chi connectivity index (χ1n) is 9.17. The predicted octanol–water partition coefficient (Wildman–Crippen LogP) is 4.44. The number of pyridine rings is 1. The fourth-order valence-electron chi connectivity index (χ4n) is 3.66. The lowest BCUT2D eigenvalue weighted by atomic mass is 9.99. The van der Waals surface area contributed by atoms with E-state index >= 15 is 0 Å². The molecular formula is C21H19F3N4O. The number of fused-ring (bicyclic) bond motifs is 1. The maximum atomic E-state index is 13.0. The summed E-state index contributed by atoms with van der Waals surface area (Å²) in [6.45, 7) is 4.82. The Labute approximate surface area is 165 Å².